The summed E-state index contributed by atoms with van der Waals surface area (Å²) in [5.41, 5.74) is 3.27. The minimum Gasteiger partial charge on any atom is -0.373 e. The second-order valence-corrected chi connectivity index (χ2v) is 18.2. The van der Waals surface area contributed by atoms with E-state index >= 15 is 0 Å². The molecule has 0 spiro atoms. The molecule has 1 rings (SSSR count). The lowest BCUT2D eigenvalue weighted by Gasteiger charge is -2.33. The van der Waals surface area contributed by atoms with Gasteiger partial charge < -0.3 is 8.85 Å². The first-order chi connectivity index (χ1) is 23.2. The zero-order chi connectivity index (χ0) is 33.9. The van der Waals surface area contributed by atoms with Crippen molar-refractivity contribution in [3.63, 3.8) is 0 Å². The summed E-state index contributed by atoms with van der Waals surface area (Å²) in [4.78, 5) is 12.4. The summed E-state index contributed by atoms with van der Waals surface area (Å²) in [7, 11) is -2.74. The molecule has 0 bridgehead atoms. The highest BCUT2D eigenvalue weighted by Gasteiger charge is 2.42. The fourth-order valence-electron chi connectivity index (χ4n) is 6.80. The number of hydrogen-bond acceptors (Lipinski definition) is 6. The van der Waals surface area contributed by atoms with Crippen molar-refractivity contribution in [2.75, 3.05) is 25.5 Å². The highest BCUT2D eigenvalue weighted by atomic mass is 32.2. The number of carbonyl (C=O) groups is 1. The summed E-state index contributed by atoms with van der Waals surface area (Å²) in [5, 5.41) is 0.342. The van der Waals surface area contributed by atoms with Crippen molar-refractivity contribution in [1.82, 2.24) is 5.48 Å². The van der Waals surface area contributed by atoms with Crippen LogP contribution in [0.15, 0.2) is 0 Å². The zero-order valence-electron chi connectivity index (χ0n) is 31.9. The van der Waals surface area contributed by atoms with E-state index in [0.717, 1.165) is 44.2 Å². The van der Waals surface area contributed by atoms with E-state index in [2.05, 4.69) is 19.3 Å². The van der Waals surface area contributed by atoms with Crippen molar-refractivity contribution < 1.29 is 18.2 Å². The first-order valence-electron chi connectivity index (χ1n) is 21.0. The third-order valence-corrected chi connectivity index (χ3v) is 13.7. The van der Waals surface area contributed by atoms with Crippen molar-refractivity contribution >= 4 is 25.7 Å². The van der Waals surface area contributed by atoms with Crippen LogP contribution in [0.4, 0.5) is 0 Å². The summed E-state index contributed by atoms with van der Waals surface area (Å²) < 4.78 is 18.6. The molecule has 1 aliphatic heterocycles. The molecule has 7 heteroatoms. The molecule has 1 aliphatic rings. The molecule has 280 valence electrons. The topological polar surface area (TPSA) is 56.8 Å². The number of rotatable bonds is 34. The van der Waals surface area contributed by atoms with Gasteiger partial charge in [0.25, 0.3) is 0 Å². The number of unbranched alkanes of at least 4 members (excludes halogenated alkanes) is 24. The van der Waals surface area contributed by atoms with Crippen LogP contribution in [-0.2, 0) is 18.2 Å². The van der Waals surface area contributed by atoms with Crippen LogP contribution in [0.25, 0.3) is 0 Å². The van der Waals surface area contributed by atoms with Gasteiger partial charge in [0.05, 0.1) is 0 Å². The number of thioether (sulfide) groups is 1. The highest BCUT2D eigenvalue weighted by Crippen LogP contribution is 2.25. The molecule has 0 aromatic carbocycles. The summed E-state index contributed by atoms with van der Waals surface area (Å²) in [6, 6.07) is 0.774. The molecule has 1 saturated heterocycles. The van der Waals surface area contributed by atoms with Gasteiger partial charge in [-0.2, -0.15) is 0 Å². The van der Waals surface area contributed by atoms with E-state index in [4.69, 9.17) is 13.4 Å². The molecule has 47 heavy (non-hydrogen) atoms. The molecular formula is C40H81NO4SSi. The normalized spacial score (nSPS) is 18.7. The molecule has 0 amide bonds. The third-order valence-electron chi connectivity index (χ3n) is 9.90. The van der Waals surface area contributed by atoms with Crippen molar-refractivity contribution in [2.24, 2.45) is 5.92 Å². The summed E-state index contributed by atoms with van der Waals surface area (Å²) in [6.07, 6.45) is 39.6. The number of hydroxylamine groups is 1. The minimum absolute atomic E-state index is 0.342. The van der Waals surface area contributed by atoms with E-state index in [1.807, 2.05) is 6.92 Å². The largest absolute Gasteiger partial charge is 0.517 e. The van der Waals surface area contributed by atoms with Crippen LogP contribution in [0, 0.1) is 5.92 Å². The van der Waals surface area contributed by atoms with E-state index in [1.54, 1.807) is 0 Å². The smallest absolute Gasteiger partial charge is 0.373 e. The molecule has 1 fully saturated rings. The Kier molecular flexibility index (Phi) is 33.1. The zero-order valence-corrected chi connectivity index (χ0v) is 33.7. The van der Waals surface area contributed by atoms with Crippen molar-refractivity contribution in [3.8, 4) is 0 Å². The number of nitrogens with one attached hydrogen (secondary N) is 1. The Morgan fingerprint density at radius 3 is 1.62 bits per heavy atom. The van der Waals surface area contributed by atoms with Crippen molar-refractivity contribution in [3.05, 3.63) is 0 Å². The second kappa shape index (κ2) is 34.5. The molecule has 0 aromatic heterocycles. The van der Waals surface area contributed by atoms with Gasteiger partial charge in [-0.3, -0.25) is 9.32 Å². The van der Waals surface area contributed by atoms with Crippen molar-refractivity contribution in [1.29, 1.82) is 0 Å². The molecule has 1 heterocycles. The predicted octanol–water partition coefficient (Wildman–Crippen LogP) is 13.1. The molecule has 2 atom stereocenters. The molecule has 1 N–H and O–H groups in total. The van der Waals surface area contributed by atoms with E-state index in [0.29, 0.717) is 24.1 Å². The van der Waals surface area contributed by atoms with Crippen LogP contribution in [0.1, 0.15) is 213 Å². The monoisotopic (exact) mass is 700 g/mol. The van der Waals surface area contributed by atoms with E-state index < -0.39 is 8.80 Å². The van der Waals surface area contributed by atoms with E-state index in [-0.39, 0.29) is 0 Å². The maximum absolute atomic E-state index is 12.4. The fourth-order valence-corrected chi connectivity index (χ4v) is 10.2. The molecule has 2 unspecified atom stereocenters. The lowest BCUT2D eigenvalue weighted by atomic mass is 9.97. The Hall–Kier alpha value is 0.0769. The number of hydrogen-bond donors (Lipinski definition) is 1. The molecule has 5 nitrogen and oxygen atoms in total. The Labute approximate surface area is 299 Å². The van der Waals surface area contributed by atoms with Gasteiger partial charge in [-0.1, -0.05) is 186 Å². The van der Waals surface area contributed by atoms with Gasteiger partial charge in [-0.25, -0.2) is 5.48 Å². The van der Waals surface area contributed by atoms with Gasteiger partial charge in [0.1, 0.15) is 0 Å². The maximum Gasteiger partial charge on any atom is 0.517 e. The molecule has 0 saturated carbocycles. The average molecular weight is 700 g/mol. The molecule has 0 aliphatic carbocycles. The van der Waals surface area contributed by atoms with Crippen LogP contribution in [-0.4, -0.2) is 39.4 Å². The van der Waals surface area contributed by atoms with Crippen LogP contribution in [0.2, 0.25) is 6.04 Å². The average Bonchev–Trinajstić information content (AvgIpc) is 3.06. The summed E-state index contributed by atoms with van der Waals surface area (Å²) >= 11 is 1.49. The van der Waals surface area contributed by atoms with Gasteiger partial charge in [0, 0.05) is 38.0 Å². The Bertz CT molecular complexity index is 660. The van der Waals surface area contributed by atoms with Crippen molar-refractivity contribution in [2.45, 2.75) is 219 Å². The first kappa shape index (κ1) is 45.1. The minimum atomic E-state index is -2.74. The maximum atomic E-state index is 12.4. The van der Waals surface area contributed by atoms with Gasteiger partial charge in [0.15, 0.2) is 5.12 Å². The SMILES string of the molecule is CCCCCCCCCCCCCCCC(=O)SCCC[Si]1(OCC)OCCC(CCCCCCCCCCCCCCC)CNO1. The van der Waals surface area contributed by atoms with Gasteiger partial charge >= 0.3 is 8.80 Å². The second-order valence-electron chi connectivity index (χ2n) is 14.4. The van der Waals surface area contributed by atoms with Crippen LogP contribution in [0.3, 0.4) is 0 Å². The van der Waals surface area contributed by atoms with Gasteiger partial charge in [-0.05, 0) is 38.5 Å². The lowest BCUT2D eigenvalue weighted by Crippen LogP contribution is -2.52. The quantitative estimate of drug-likeness (QED) is 0.0533. The van der Waals surface area contributed by atoms with Crippen LogP contribution < -0.4 is 5.48 Å². The van der Waals surface area contributed by atoms with Crippen LogP contribution >= 0.6 is 11.8 Å². The van der Waals surface area contributed by atoms with Crippen LogP contribution in [0.5, 0.6) is 0 Å². The van der Waals surface area contributed by atoms with E-state index in [9.17, 15) is 4.79 Å². The first-order valence-corrected chi connectivity index (χ1v) is 23.9. The van der Waals surface area contributed by atoms with Gasteiger partial charge in [0.2, 0.25) is 0 Å². The molecular weight excluding hydrogens is 619 g/mol. The van der Waals surface area contributed by atoms with Gasteiger partial charge in [-0.15, -0.1) is 0 Å². The fraction of sp³-hybridized carbons (Fsp3) is 0.975. The Balaban J connectivity index is 2.03. The molecule has 0 aromatic rings. The Morgan fingerprint density at radius 2 is 1.13 bits per heavy atom. The lowest BCUT2D eigenvalue weighted by molar-refractivity contribution is -0.111. The highest BCUT2D eigenvalue weighted by molar-refractivity contribution is 8.13. The van der Waals surface area contributed by atoms with E-state index in [1.165, 1.54) is 179 Å². The predicted molar refractivity (Wildman–Crippen MR) is 208 cm³/mol. The Morgan fingerprint density at radius 1 is 0.660 bits per heavy atom. The summed E-state index contributed by atoms with van der Waals surface area (Å²) in [6.45, 7) is 8.80. The molecule has 0 radical (unpaired) electrons. The standard InChI is InChI=1S/C40H81NO4SSi/c1-4-7-9-11-13-15-17-19-21-23-25-27-29-32-39-34-35-44-47(43-6-3,45-41-38-39)37-31-36-46-40(42)33-30-28-26-24-22-20-18-16-14-12-10-8-5-2/h39,41H,4-38H2,1-3H3. The number of carbonyl (C=O) groups excluding carboxylic acids is 1. The summed E-state index contributed by atoms with van der Waals surface area (Å²) in [5.74, 6) is 1.43. The third kappa shape index (κ3) is 28.5.